The summed E-state index contributed by atoms with van der Waals surface area (Å²) in [6.07, 6.45) is 43.6. The molecule has 0 saturated carbocycles. The van der Waals surface area contributed by atoms with Gasteiger partial charge < -0.3 is 0 Å². The Morgan fingerprint density at radius 3 is 0.824 bits per heavy atom. The second kappa shape index (κ2) is 31.0. The van der Waals surface area contributed by atoms with Gasteiger partial charge in [-0.1, -0.05) is 213 Å². The van der Waals surface area contributed by atoms with Crippen molar-refractivity contribution in [3.63, 3.8) is 0 Å². The number of hydrogen-bond donors (Lipinski definition) is 0. The van der Waals surface area contributed by atoms with Gasteiger partial charge >= 0.3 is 0 Å². The molecule has 0 aliphatic rings. The third-order valence-corrected chi connectivity index (χ3v) is 8.04. The molecule has 0 heteroatoms. The summed E-state index contributed by atoms with van der Waals surface area (Å²) in [5.74, 6) is 1.01. The molecule has 0 saturated heterocycles. The maximum Gasteiger partial charge on any atom is -0.0414 e. The first-order valence-electron chi connectivity index (χ1n) is 16.6. The van der Waals surface area contributed by atoms with Crippen molar-refractivity contribution in [1.82, 2.24) is 0 Å². The van der Waals surface area contributed by atoms with Crippen LogP contribution in [0.2, 0.25) is 0 Å². The first kappa shape index (κ1) is 34.0. The van der Waals surface area contributed by atoms with Crippen LogP contribution in [-0.4, -0.2) is 0 Å². The largest absolute Gasteiger partial charge is 0.0654 e. The molecule has 0 aromatic rings. The lowest BCUT2D eigenvalue weighted by Crippen LogP contribution is -2.01. The minimum absolute atomic E-state index is 1.01. The van der Waals surface area contributed by atoms with Gasteiger partial charge in [0.1, 0.15) is 0 Å². The Morgan fingerprint density at radius 2 is 0.559 bits per heavy atom. The van der Waals surface area contributed by atoms with Crippen molar-refractivity contribution < 1.29 is 0 Å². The van der Waals surface area contributed by atoms with Crippen LogP contribution in [0.5, 0.6) is 0 Å². The molecule has 0 aliphatic heterocycles. The van der Waals surface area contributed by atoms with Gasteiger partial charge in [-0.25, -0.2) is 0 Å². The average Bonchev–Trinajstić information content (AvgIpc) is 2.85. The van der Waals surface area contributed by atoms with Crippen LogP contribution in [0.3, 0.4) is 0 Å². The highest BCUT2D eigenvalue weighted by atomic mass is 14.1. The third-order valence-electron chi connectivity index (χ3n) is 8.04. The molecule has 0 nitrogen and oxygen atoms in total. The molecular weight excluding hydrogens is 408 g/mol. The summed E-state index contributed by atoms with van der Waals surface area (Å²) in [6.45, 7) is 8.67. The topological polar surface area (TPSA) is 0 Å². The summed E-state index contributed by atoms with van der Waals surface area (Å²) in [4.78, 5) is 0. The molecule has 205 valence electrons. The summed E-state index contributed by atoms with van der Waals surface area (Å²) < 4.78 is 0. The Kier molecular flexibility index (Phi) is 31.0. The molecule has 1 atom stereocenters. The molecule has 0 aliphatic carbocycles. The van der Waals surface area contributed by atoms with E-state index in [0.29, 0.717) is 0 Å². The molecule has 0 aromatic carbocycles. The number of rotatable bonds is 30. The first-order chi connectivity index (χ1) is 16.8. The van der Waals surface area contributed by atoms with Gasteiger partial charge in [-0.3, -0.25) is 0 Å². The first-order valence-corrected chi connectivity index (χ1v) is 16.6. The second-order valence-electron chi connectivity index (χ2n) is 11.6. The van der Waals surface area contributed by atoms with Crippen LogP contribution in [0.4, 0.5) is 0 Å². The van der Waals surface area contributed by atoms with E-state index in [-0.39, 0.29) is 0 Å². The van der Waals surface area contributed by atoms with Crippen LogP contribution in [-0.2, 0) is 0 Å². The average molecular weight is 478 g/mol. The summed E-state index contributed by atoms with van der Waals surface area (Å²) in [5.41, 5.74) is 0. The van der Waals surface area contributed by atoms with E-state index in [0.717, 1.165) is 12.3 Å². The van der Waals surface area contributed by atoms with Gasteiger partial charge in [-0.15, -0.1) is 0 Å². The molecule has 1 radical (unpaired) electrons. The third kappa shape index (κ3) is 28.2. The van der Waals surface area contributed by atoms with Gasteiger partial charge in [0.25, 0.3) is 0 Å². The molecule has 0 rings (SSSR count). The molecule has 0 heterocycles. The van der Waals surface area contributed by atoms with Gasteiger partial charge in [0.2, 0.25) is 0 Å². The molecule has 1 unspecified atom stereocenters. The lowest BCUT2D eigenvalue weighted by Gasteiger charge is -2.17. The zero-order valence-corrected chi connectivity index (χ0v) is 24.5. The smallest absolute Gasteiger partial charge is 0.0414 e. The lowest BCUT2D eigenvalue weighted by molar-refractivity contribution is 0.368. The van der Waals surface area contributed by atoms with Crippen LogP contribution in [0.15, 0.2) is 0 Å². The monoisotopic (exact) mass is 478 g/mol. The van der Waals surface area contributed by atoms with Crippen LogP contribution >= 0.6 is 0 Å². The van der Waals surface area contributed by atoms with Crippen molar-refractivity contribution in [3.8, 4) is 0 Å². The van der Waals surface area contributed by atoms with Crippen LogP contribution in [0, 0.1) is 12.8 Å². The lowest BCUT2D eigenvalue weighted by atomic mass is 9.89. The minimum atomic E-state index is 1.01. The highest BCUT2D eigenvalue weighted by Gasteiger charge is 2.08. The van der Waals surface area contributed by atoms with E-state index in [9.17, 15) is 0 Å². The van der Waals surface area contributed by atoms with Gasteiger partial charge in [0.15, 0.2) is 0 Å². The summed E-state index contributed by atoms with van der Waals surface area (Å²) in [7, 11) is 0. The van der Waals surface area contributed by atoms with E-state index in [1.807, 2.05) is 0 Å². The van der Waals surface area contributed by atoms with Gasteiger partial charge in [0.05, 0.1) is 0 Å². The fraction of sp³-hybridized carbons (Fsp3) is 0.971. The maximum absolute atomic E-state index is 4.05. The normalized spacial score (nSPS) is 12.4. The van der Waals surface area contributed by atoms with E-state index in [2.05, 4.69) is 20.8 Å². The Hall–Kier alpha value is 0. The van der Waals surface area contributed by atoms with E-state index in [1.54, 1.807) is 0 Å². The second-order valence-corrected chi connectivity index (χ2v) is 11.6. The van der Waals surface area contributed by atoms with Gasteiger partial charge in [-0.05, 0) is 5.92 Å². The quantitative estimate of drug-likeness (QED) is 0.0902. The highest BCUT2D eigenvalue weighted by molar-refractivity contribution is 4.62. The standard InChI is InChI=1S/C34H69/c1-4-7-10-12-14-16-18-19-20-21-23-25-27-30-33-34(31-28-9-6-3)32-29-26-24-22-17-15-13-11-8-5-2/h34H,3-33H2,1-2H3. The zero-order valence-electron chi connectivity index (χ0n) is 24.5. The molecule has 0 spiro atoms. The molecule has 0 aromatic heterocycles. The Morgan fingerprint density at radius 1 is 0.324 bits per heavy atom. The van der Waals surface area contributed by atoms with Crippen molar-refractivity contribution in [2.45, 2.75) is 206 Å². The fourth-order valence-corrected chi connectivity index (χ4v) is 5.59. The Labute approximate surface area is 219 Å². The molecular formula is C34H69. The van der Waals surface area contributed by atoms with Gasteiger partial charge in [-0.2, -0.15) is 0 Å². The van der Waals surface area contributed by atoms with Crippen molar-refractivity contribution >= 4 is 0 Å². The van der Waals surface area contributed by atoms with Crippen LogP contribution < -0.4 is 0 Å². The van der Waals surface area contributed by atoms with Crippen molar-refractivity contribution in [1.29, 1.82) is 0 Å². The van der Waals surface area contributed by atoms with E-state index in [1.165, 1.54) is 186 Å². The highest BCUT2D eigenvalue weighted by Crippen LogP contribution is 2.24. The fourth-order valence-electron chi connectivity index (χ4n) is 5.59. The maximum atomic E-state index is 4.05. The van der Waals surface area contributed by atoms with Crippen LogP contribution in [0.25, 0.3) is 0 Å². The Balaban J connectivity index is 3.56. The van der Waals surface area contributed by atoms with Crippen molar-refractivity contribution in [3.05, 3.63) is 6.92 Å². The molecule has 0 amide bonds. The molecule has 0 bridgehead atoms. The van der Waals surface area contributed by atoms with Gasteiger partial charge in [0, 0.05) is 0 Å². The molecule has 34 heavy (non-hydrogen) atoms. The predicted octanol–water partition coefficient (Wildman–Crippen LogP) is 13.2. The Bertz CT molecular complexity index is 333. The summed E-state index contributed by atoms with van der Waals surface area (Å²) >= 11 is 0. The van der Waals surface area contributed by atoms with E-state index >= 15 is 0 Å². The molecule has 0 fully saturated rings. The predicted molar refractivity (Wildman–Crippen MR) is 159 cm³/mol. The SMILES string of the molecule is [CH2]CCCCC(CCCCCCCCCCCC)CCCCCCCCCCCCCCCC. The molecule has 0 N–H and O–H groups in total. The number of unbranched alkanes of at least 4 members (excludes halogenated alkanes) is 24. The summed E-state index contributed by atoms with van der Waals surface area (Å²) in [6, 6.07) is 0. The van der Waals surface area contributed by atoms with Crippen molar-refractivity contribution in [2.24, 2.45) is 5.92 Å². The zero-order chi connectivity index (χ0) is 24.8. The summed E-state index contributed by atoms with van der Waals surface area (Å²) in [5, 5.41) is 0. The van der Waals surface area contributed by atoms with Crippen molar-refractivity contribution in [2.75, 3.05) is 0 Å². The van der Waals surface area contributed by atoms with E-state index < -0.39 is 0 Å². The minimum Gasteiger partial charge on any atom is -0.0654 e. The number of hydrogen-bond acceptors (Lipinski definition) is 0. The van der Waals surface area contributed by atoms with Crippen LogP contribution in [0.1, 0.15) is 206 Å². The van der Waals surface area contributed by atoms with E-state index in [4.69, 9.17) is 0 Å².